The maximum atomic E-state index is 12.5. The second-order valence-corrected chi connectivity index (χ2v) is 6.64. The topological polar surface area (TPSA) is 108 Å². The Kier molecular flexibility index (Phi) is 6.05. The van der Waals surface area contributed by atoms with Gasteiger partial charge < -0.3 is 25.0 Å². The van der Waals surface area contributed by atoms with Crippen molar-refractivity contribution in [3.8, 4) is 0 Å². The number of carbonyl (C=O) groups is 2. The summed E-state index contributed by atoms with van der Waals surface area (Å²) in [6.45, 7) is 1.63. The zero-order chi connectivity index (χ0) is 20.1. The molecule has 1 aliphatic rings. The summed E-state index contributed by atoms with van der Waals surface area (Å²) in [5.41, 5.74) is 1.78. The summed E-state index contributed by atoms with van der Waals surface area (Å²) in [7, 11) is 3.73. The van der Waals surface area contributed by atoms with E-state index in [2.05, 4.69) is 15.3 Å². The predicted octanol–water partition coefficient (Wildman–Crippen LogP) is 1.52. The Morgan fingerprint density at radius 2 is 2.04 bits per heavy atom. The van der Waals surface area contributed by atoms with Crippen molar-refractivity contribution in [2.75, 3.05) is 38.7 Å². The van der Waals surface area contributed by atoms with Crippen LogP contribution in [0.25, 0.3) is 0 Å². The summed E-state index contributed by atoms with van der Waals surface area (Å²) in [5.74, 6) is -0.385. The molecule has 0 saturated carbocycles. The van der Waals surface area contributed by atoms with Crippen molar-refractivity contribution >= 4 is 17.9 Å². The van der Waals surface area contributed by atoms with Gasteiger partial charge >= 0.3 is 12.0 Å². The summed E-state index contributed by atoms with van der Waals surface area (Å²) in [5, 5.41) is 11.8. The van der Waals surface area contributed by atoms with E-state index in [1.165, 1.54) is 12.1 Å². The fourth-order valence-corrected chi connectivity index (χ4v) is 2.82. The fourth-order valence-electron chi connectivity index (χ4n) is 2.82. The molecule has 1 aliphatic heterocycles. The molecule has 0 radical (unpaired) electrons. The van der Waals surface area contributed by atoms with E-state index in [9.17, 15) is 9.59 Å². The van der Waals surface area contributed by atoms with Crippen LogP contribution in [0.1, 0.15) is 27.7 Å². The van der Waals surface area contributed by atoms with E-state index in [1.807, 2.05) is 19.0 Å². The maximum absolute atomic E-state index is 12.5. The van der Waals surface area contributed by atoms with Crippen molar-refractivity contribution in [2.45, 2.75) is 12.6 Å². The number of ether oxygens (including phenoxy) is 1. The number of carbonyl (C=O) groups excluding carboxylic acids is 1. The molecule has 1 atom stereocenters. The van der Waals surface area contributed by atoms with Crippen LogP contribution in [0.5, 0.6) is 0 Å². The maximum Gasteiger partial charge on any atom is 0.335 e. The molecule has 1 aromatic heterocycles. The largest absolute Gasteiger partial charge is 0.478 e. The lowest BCUT2D eigenvalue weighted by molar-refractivity contribution is -0.0176. The van der Waals surface area contributed by atoms with Crippen LogP contribution in [0.4, 0.5) is 10.7 Å². The van der Waals surface area contributed by atoms with Crippen molar-refractivity contribution in [1.29, 1.82) is 0 Å². The third-order valence-corrected chi connectivity index (χ3v) is 4.39. The predicted molar refractivity (Wildman–Crippen MR) is 102 cm³/mol. The van der Waals surface area contributed by atoms with Gasteiger partial charge in [0.05, 0.1) is 24.4 Å². The Morgan fingerprint density at radius 3 is 2.71 bits per heavy atom. The van der Waals surface area contributed by atoms with Crippen LogP contribution in [0, 0.1) is 0 Å². The second kappa shape index (κ2) is 8.66. The first-order chi connectivity index (χ1) is 13.4. The first-order valence-corrected chi connectivity index (χ1v) is 8.91. The number of anilines is 1. The van der Waals surface area contributed by atoms with Crippen LogP contribution in [0.2, 0.25) is 0 Å². The van der Waals surface area contributed by atoms with Gasteiger partial charge in [0.2, 0.25) is 5.95 Å². The van der Waals surface area contributed by atoms with Crippen LogP contribution in [-0.4, -0.2) is 65.8 Å². The first-order valence-electron chi connectivity index (χ1n) is 8.91. The Balaban J connectivity index is 1.58. The molecule has 1 aromatic carbocycles. The van der Waals surface area contributed by atoms with Gasteiger partial charge in [0.25, 0.3) is 0 Å². The number of aromatic carboxylic acids is 1. The third kappa shape index (κ3) is 4.74. The van der Waals surface area contributed by atoms with E-state index in [4.69, 9.17) is 9.84 Å². The van der Waals surface area contributed by atoms with Gasteiger partial charge in [-0.1, -0.05) is 12.1 Å². The highest BCUT2D eigenvalue weighted by molar-refractivity contribution is 5.87. The molecule has 28 heavy (non-hydrogen) atoms. The quantitative estimate of drug-likeness (QED) is 0.803. The molecule has 148 valence electrons. The van der Waals surface area contributed by atoms with Gasteiger partial charge in [0.15, 0.2) is 0 Å². The Morgan fingerprint density at radius 1 is 1.29 bits per heavy atom. The fraction of sp³-hybridized carbons (Fsp3) is 0.368. The van der Waals surface area contributed by atoms with Crippen LogP contribution in [0.15, 0.2) is 36.5 Å². The van der Waals surface area contributed by atoms with Crippen LogP contribution >= 0.6 is 0 Å². The highest BCUT2D eigenvalue weighted by atomic mass is 16.5. The molecule has 1 fully saturated rings. The zero-order valence-electron chi connectivity index (χ0n) is 15.8. The number of hydrogen-bond donors (Lipinski definition) is 2. The average Bonchev–Trinajstić information content (AvgIpc) is 2.72. The minimum atomic E-state index is -0.975. The highest BCUT2D eigenvalue weighted by Gasteiger charge is 2.26. The van der Waals surface area contributed by atoms with Gasteiger partial charge in [-0.3, -0.25) is 0 Å². The van der Waals surface area contributed by atoms with E-state index < -0.39 is 5.97 Å². The van der Waals surface area contributed by atoms with Gasteiger partial charge in [-0.05, 0) is 23.8 Å². The number of hydrogen-bond acceptors (Lipinski definition) is 6. The molecule has 0 bridgehead atoms. The number of morpholine rings is 1. The standard InChI is InChI=1S/C19H23N5O4/c1-23(2)18-20-8-7-15(22-18)16-12-24(9-10-28-16)19(27)21-11-13-3-5-14(6-4-13)17(25)26/h3-8,16H,9-12H2,1-2H3,(H,21,27)(H,25,26). The Labute approximate surface area is 163 Å². The molecule has 3 rings (SSSR count). The number of carboxylic acids is 1. The minimum absolute atomic E-state index is 0.197. The van der Waals surface area contributed by atoms with Crippen molar-refractivity contribution in [3.05, 3.63) is 53.3 Å². The molecule has 2 heterocycles. The van der Waals surface area contributed by atoms with Crippen molar-refractivity contribution in [1.82, 2.24) is 20.2 Å². The smallest absolute Gasteiger partial charge is 0.335 e. The number of carboxylic acid groups (broad SMARTS) is 1. The lowest BCUT2D eigenvalue weighted by Crippen LogP contribution is -2.47. The molecule has 2 N–H and O–H groups in total. The van der Waals surface area contributed by atoms with Crippen molar-refractivity contribution in [3.63, 3.8) is 0 Å². The molecule has 2 amide bonds. The van der Waals surface area contributed by atoms with Gasteiger partial charge in [-0.25, -0.2) is 19.6 Å². The zero-order valence-corrected chi connectivity index (χ0v) is 15.8. The summed E-state index contributed by atoms with van der Waals surface area (Å²) in [4.78, 5) is 35.6. The molecular formula is C19H23N5O4. The lowest BCUT2D eigenvalue weighted by atomic mass is 10.1. The molecule has 1 unspecified atom stereocenters. The van der Waals surface area contributed by atoms with Crippen LogP contribution in [-0.2, 0) is 11.3 Å². The minimum Gasteiger partial charge on any atom is -0.478 e. The van der Waals surface area contributed by atoms with Crippen LogP contribution in [0.3, 0.4) is 0 Å². The molecule has 0 aliphatic carbocycles. The number of benzene rings is 1. The summed E-state index contributed by atoms with van der Waals surface area (Å²) in [6.07, 6.45) is 1.37. The van der Waals surface area contributed by atoms with Gasteiger partial charge in [-0.15, -0.1) is 0 Å². The van der Waals surface area contributed by atoms with Gasteiger partial charge in [0.1, 0.15) is 6.10 Å². The van der Waals surface area contributed by atoms with E-state index >= 15 is 0 Å². The van der Waals surface area contributed by atoms with Gasteiger partial charge in [0, 0.05) is 33.4 Å². The number of aromatic nitrogens is 2. The molecule has 1 saturated heterocycles. The molecule has 9 heteroatoms. The summed E-state index contributed by atoms with van der Waals surface area (Å²) >= 11 is 0. The SMILES string of the molecule is CN(C)c1nccc(C2CN(C(=O)NCc3ccc(C(=O)O)cc3)CCO2)n1. The first kappa shape index (κ1) is 19.6. The number of urea groups is 1. The number of amides is 2. The molecule has 0 spiro atoms. The normalized spacial score (nSPS) is 16.5. The summed E-state index contributed by atoms with van der Waals surface area (Å²) < 4.78 is 5.79. The third-order valence-electron chi connectivity index (χ3n) is 4.39. The lowest BCUT2D eigenvalue weighted by Gasteiger charge is -2.32. The van der Waals surface area contributed by atoms with E-state index in [-0.39, 0.29) is 17.7 Å². The Bertz CT molecular complexity index is 840. The van der Waals surface area contributed by atoms with Gasteiger partial charge in [-0.2, -0.15) is 0 Å². The number of nitrogens with zero attached hydrogens (tertiary/aromatic N) is 4. The van der Waals surface area contributed by atoms with E-state index in [0.29, 0.717) is 32.2 Å². The molecule has 2 aromatic rings. The van der Waals surface area contributed by atoms with E-state index in [0.717, 1.165) is 11.3 Å². The Hall–Kier alpha value is -3.20. The number of nitrogens with one attached hydrogen (secondary N) is 1. The second-order valence-electron chi connectivity index (χ2n) is 6.64. The van der Waals surface area contributed by atoms with Crippen molar-refractivity contribution < 1.29 is 19.4 Å². The van der Waals surface area contributed by atoms with Crippen LogP contribution < -0.4 is 10.2 Å². The molecular weight excluding hydrogens is 362 g/mol. The molecule has 9 nitrogen and oxygen atoms in total. The summed E-state index contributed by atoms with van der Waals surface area (Å²) in [6, 6.07) is 8.02. The average molecular weight is 385 g/mol. The number of rotatable bonds is 5. The van der Waals surface area contributed by atoms with Crippen molar-refractivity contribution in [2.24, 2.45) is 0 Å². The monoisotopic (exact) mass is 385 g/mol. The highest BCUT2D eigenvalue weighted by Crippen LogP contribution is 2.21. The van der Waals surface area contributed by atoms with E-state index in [1.54, 1.807) is 29.3 Å².